The zero-order valence-electron chi connectivity index (χ0n) is 16.6. The molecule has 0 unspecified atom stereocenters. The molecule has 0 aliphatic rings. The molecule has 0 saturated heterocycles. The quantitative estimate of drug-likeness (QED) is 0.520. The molecule has 2 rings (SSSR count). The number of carbonyl (C=O) groups is 3. The number of methoxy groups -OCH3 is 2. The average molecular weight is 400 g/mol. The number of hydrogen-bond donors (Lipinski definition) is 2. The van der Waals surface area contributed by atoms with Crippen molar-refractivity contribution < 1.29 is 28.6 Å². The van der Waals surface area contributed by atoms with Crippen molar-refractivity contribution in [1.82, 2.24) is 5.32 Å². The highest BCUT2D eigenvalue weighted by molar-refractivity contribution is 6.03. The highest BCUT2D eigenvalue weighted by Crippen LogP contribution is 2.20. The SMILES string of the molecule is CCCc1ccc(OCNC(=O)Nc2cc(C(=O)OC)ccc2C(=O)OC)cc1. The Morgan fingerprint density at radius 1 is 0.931 bits per heavy atom. The molecule has 0 fully saturated rings. The Morgan fingerprint density at radius 2 is 1.62 bits per heavy atom. The Hall–Kier alpha value is -3.55. The van der Waals surface area contributed by atoms with Crippen LogP contribution in [0.2, 0.25) is 0 Å². The van der Waals surface area contributed by atoms with Gasteiger partial charge in [0.1, 0.15) is 5.75 Å². The third-order valence-corrected chi connectivity index (χ3v) is 4.03. The number of nitrogens with one attached hydrogen (secondary N) is 2. The van der Waals surface area contributed by atoms with Gasteiger partial charge in [0.2, 0.25) is 0 Å². The molecule has 0 atom stereocenters. The van der Waals surface area contributed by atoms with Crippen LogP contribution in [0.5, 0.6) is 5.75 Å². The van der Waals surface area contributed by atoms with Gasteiger partial charge in [-0.1, -0.05) is 25.5 Å². The minimum absolute atomic E-state index is 0.0802. The van der Waals surface area contributed by atoms with Gasteiger partial charge in [0.05, 0.1) is 31.0 Å². The van der Waals surface area contributed by atoms with E-state index in [1.807, 2.05) is 24.3 Å². The standard InChI is InChI=1S/C21H24N2O6/c1-4-5-14-6-9-16(10-7-14)29-13-22-21(26)23-18-12-15(19(24)27-2)8-11-17(18)20(25)28-3/h6-12H,4-5,13H2,1-3H3,(H2,22,23,26). The third kappa shape index (κ3) is 6.24. The van der Waals surface area contributed by atoms with Crippen LogP contribution >= 0.6 is 0 Å². The van der Waals surface area contributed by atoms with Crippen molar-refractivity contribution in [3.8, 4) is 5.75 Å². The number of rotatable bonds is 8. The van der Waals surface area contributed by atoms with E-state index in [0.717, 1.165) is 12.8 Å². The Morgan fingerprint density at radius 3 is 2.24 bits per heavy atom. The Kier molecular flexibility index (Phi) is 8.02. The molecule has 154 valence electrons. The van der Waals surface area contributed by atoms with E-state index in [4.69, 9.17) is 9.47 Å². The molecule has 0 radical (unpaired) electrons. The molecule has 2 aromatic rings. The van der Waals surface area contributed by atoms with Gasteiger partial charge in [0, 0.05) is 0 Å². The number of amides is 2. The van der Waals surface area contributed by atoms with Gasteiger partial charge in [0.25, 0.3) is 0 Å². The molecule has 0 aliphatic heterocycles. The highest BCUT2D eigenvalue weighted by atomic mass is 16.5. The number of esters is 2. The maximum absolute atomic E-state index is 12.2. The summed E-state index contributed by atoms with van der Waals surface area (Å²) in [5.41, 5.74) is 1.61. The topological polar surface area (TPSA) is 103 Å². The fraction of sp³-hybridized carbons (Fsp3) is 0.286. The zero-order chi connectivity index (χ0) is 21.2. The molecule has 2 N–H and O–H groups in total. The first-order chi connectivity index (χ1) is 14.0. The number of urea groups is 1. The van der Waals surface area contributed by atoms with E-state index in [9.17, 15) is 14.4 Å². The van der Waals surface area contributed by atoms with Crippen molar-refractivity contribution in [3.05, 3.63) is 59.2 Å². The van der Waals surface area contributed by atoms with E-state index in [-0.39, 0.29) is 23.5 Å². The maximum atomic E-state index is 12.2. The fourth-order valence-electron chi connectivity index (χ4n) is 2.57. The van der Waals surface area contributed by atoms with Crippen LogP contribution in [0, 0.1) is 0 Å². The van der Waals surface area contributed by atoms with Gasteiger partial charge >= 0.3 is 18.0 Å². The first kappa shape index (κ1) is 21.7. The first-order valence-corrected chi connectivity index (χ1v) is 9.05. The second kappa shape index (κ2) is 10.7. The third-order valence-electron chi connectivity index (χ3n) is 4.03. The number of benzene rings is 2. The molecule has 0 bridgehead atoms. The maximum Gasteiger partial charge on any atom is 0.339 e. The normalized spacial score (nSPS) is 10.0. The van der Waals surface area contributed by atoms with Crippen LogP contribution in [0.25, 0.3) is 0 Å². The molecule has 2 amide bonds. The van der Waals surface area contributed by atoms with Crippen LogP contribution in [-0.2, 0) is 15.9 Å². The summed E-state index contributed by atoms with van der Waals surface area (Å²) in [7, 11) is 2.46. The summed E-state index contributed by atoms with van der Waals surface area (Å²) in [5, 5.41) is 5.04. The van der Waals surface area contributed by atoms with Crippen LogP contribution < -0.4 is 15.4 Å². The molecular formula is C21H24N2O6. The number of aryl methyl sites for hydroxylation is 1. The molecule has 8 nitrogen and oxygen atoms in total. The van der Waals surface area contributed by atoms with E-state index in [2.05, 4.69) is 22.3 Å². The van der Waals surface area contributed by atoms with Gasteiger partial charge in [0.15, 0.2) is 6.73 Å². The number of hydrogen-bond acceptors (Lipinski definition) is 6. The predicted octanol–water partition coefficient (Wildman–Crippen LogP) is 3.37. The van der Waals surface area contributed by atoms with Gasteiger partial charge in [-0.05, 0) is 42.3 Å². The number of ether oxygens (including phenoxy) is 3. The van der Waals surface area contributed by atoms with Crippen molar-refractivity contribution in [2.45, 2.75) is 19.8 Å². The second-order valence-corrected chi connectivity index (χ2v) is 6.06. The monoisotopic (exact) mass is 400 g/mol. The fourth-order valence-corrected chi connectivity index (χ4v) is 2.57. The van der Waals surface area contributed by atoms with Crippen molar-refractivity contribution in [1.29, 1.82) is 0 Å². The molecule has 0 saturated carbocycles. The highest BCUT2D eigenvalue weighted by Gasteiger charge is 2.17. The number of carbonyl (C=O) groups excluding carboxylic acids is 3. The lowest BCUT2D eigenvalue weighted by molar-refractivity contribution is 0.0587. The van der Waals surface area contributed by atoms with Crippen molar-refractivity contribution in [2.24, 2.45) is 0 Å². The van der Waals surface area contributed by atoms with Crippen molar-refractivity contribution in [2.75, 3.05) is 26.3 Å². The van der Waals surface area contributed by atoms with Gasteiger partial charge in [-0.3, -0.25) is 0 Å². The van der Waals surface area contributed by atoms with Crippen LogP contribution in [0.3, 0.4) is 0 Å². The smallest absolute Gasteiger partial charge is 0.339 e. The Labute approximate surface area is 169 Å². The largest absolute Gasteiger partial charge is 0.473 e. The molecule has 0 aliphatic carbocycles. The van der Waals surface area contributed by atoms with E-state index >= 15 is 0 Å². The summed E-state index contributed by atoms with van der Waals surface area (Å²) in [6.45, 7) is 2.03. The van der Waals surface area contributed by atoms with Crippen LogP contribution in [0.1, 0.15) is 39.6 Å². The number of anilines is 1. The molecule has 0 spiro atoms. The lowest BCUT2D eigenvalue weighted by Crippen LogP contribution is -2.32. The van der Waals surface area contributed by atoms with E-state index < -0.39 is 18.0 Å². The van der Waals surface area contributed by atoms with E-state index in [0.29, 0.717) is 5.75 Å². The lowest BCUT2D eigenvalue weighted by atomic mass is 10.1. The average Bonchev–Trinajstić information content (AvgIpc) is 2.74. The molecule has 0 aromatic heterocycles. The van der Waals surface area contributed by atoms with E-state index in [1.54, 1.807) is 0 Å². The summed E-state index contributed by atoms with van der Waals surface area (Å²) < 4.78 is 14.8. The van der Waals surface area contributed by atoms with Crippen LogP contribution in [0.4, 0.5) is 10.5 Å². The Bertz CT molecular complexity index is 864. The molecule has 29 heavy (non-hydrogen) atoms. The molecule has 0 heterocycles. The minimum atomic E-state index is -0.653. The van der Waals surface area contributed by atoms with Gasteiger partial charge < -0.3 is 24.8 Å². The van der Waals surface area contributed by atoms with Gasteiger partial charge in [-0.2, -0.15) is 0 Å². The Balaban J connectivity index is 1.99. The summed E-state index contributed by atoms with van der Waals surface area (Å²) in [5.74, 6) is -0.632. The van der Waals surface area contributed by atoms with Gasteiger partial charge in [-0.15, -0.1) is 0 Å². The summed E-state index contributed by atoms with van der Waals surface area (Å²) in [6.07, 6.45) is 2.06. The molecule has 2 aromatic carbocycles. The zero-order valence-corrected chi connectivity index (χ0v) is 16.6. The van der Waals surface area contributed by atoms with Crippen LogP contribution in [-0.4, -0.2) is 38.9 Å². The summed E-state index contributed by atoms with van der Waals surface area (Å²) >= 11 is 0. The summed E-state index contributed by atoms with van der Waals surface area (Å²) in [6, 6.07) is 11.1. The molecule has 8 heteroatoms. The van der Waals surface area contributed by atoms with Crippen LogP contribution in [0.15, 0.2) is 42.5 Å². The second-order valence-electron chi connectivity index (χ2n) is 6.06. The lowest BCUT2D eigenvalue weighted by Gasteiger charge is -2.13. The summed E-state index contributed by atoms with van der Waals surface area (Å²) in [4.78, 5) is 35.8. The van der Waals surface area contributed by atoms with Crippen molar-refractivity contribution in [3.63, 3.8) is 0 Å². The van der Waals surface area contributed by atoms with Gasteiger partial charge in [-0.25, -0.2) is 14.4 Å². The van der Waals surface area contributed by atoms with Crippen molar-refractivity contribution >= 4 is 23.7 Å². The predicted molar refractivity (Wildman–Crippen MR) is 107 cm³/mol. The molecular weight excluding hydrogens is 376 g/mol. The first-order valence-electron chi connectivity index (χ1n) is 9.05. The van der Waals surface area contributed by atoms with E-state index in [1.165, 1.54) is 38.0 Å². The minimum Gasteiger partial charge on any atom is -0.473 e.